The first kappa shape index (κ1) is 15.6. The smallest absolute Gasteiger partial charge is 0.330 e. The highest BCUT2D eigenvalue weighted by molar-refractivity contribution is 5.97. The average Bonchev–Trinajstić information content (AvgIpc) is 2.53. The fourth-order valence-electron chi connectivity index (χ4n) is 2.11. The zero-order chi connectivity index (χ0) is 16.1. The maximum Gasteiger partial charge on any atom is 0.330 e. The third-order valence-corrected chi connectivity index (χ3v) is 3.33. The van der Waals surface area contributed by atoms with Crippen molar-refractivity contribution < 1.29 is 19.4 Å². The van der Waals surface area contributed by atoms with E-state index in [1.807, 2.05) is 6.92 Å². The SMILES string of the molecule is COc1cc(C(=O)NC(C(=O)O)c2ccccc2)ccc1C. The number of aliphatic carboxylic acids is 1. The van der Waals surface area contributed by atoms with Crippen LogP contribution in [0.25, 0.3) is 0 Å². The summed E-state index contributed by atoms with van der Waals surface area (Å²) in [5, 5.41) is 11.9. The van der Waals surface area contributed by atoms with Crippen molar-refractivity contribution in [1.29, 1.82) is 0 Å². The maximum atomic E-state index is 12.3. The minimum atomic E-state index is -1.11. The first-order valence-corrected chi connectivity index (χ1v) is 6.76. The van der Waals surface area contributed by atoms with Gasteiger partial charge in [0.1, 0.15) is 5.75 Å². The molecule has 0 saturated heterocycles. The molecule has 0 radical (unpaired) electrons. The van der Waals surface area contributed by atoms with Crippen LogP contribution in [0.3, 0.4) is 0 Å². The van der Waals surface area contributed by atoms with Gasteiger partial charge >= 0.3 is 5.97 Å². The van der Waals surface area contributed by atoms with E-state index in [0.717, 1.165) is 5.56 Å². The first-order valence-electron chi connectivity index (χ1n) is 6.76. The Morgan fingerprint density at radius 3 is 2.41 bits per heavy atom. The van der Waals surface area contributed by atoms with Crippen molar-refractivity contribution in [2.24, 2.45) is 0 Å². The van der Waals surface area contributed by atoms with Crippen LogP contribution in [0, 0.1) is 6.92 Å². The highest BCUT2D eigenvalue weighted by Gasteiger charge is 2.22. The molecule has 0 spiro atoms. The first-order chi connectivity index (χ1) is 10.5. The Morgan fingerprint density at radius 1 is 1.14 bits per heavy atom. The number of rotatable bonds is 5. The van der Waals surface area contributed by atoms with E-state index in [2.05, 4.69) is 5.32 Å². The van der Waals surface area contributed by atoms with E-state index in [9.17, 15) is 14.7 Å². The third-order valence-electron chi connectivity index (χ3n) is 3.33. The molecule has 0 bridgehead atoms. The number of benzene rings is 2. The highest BCUT2D eigenvalue weighted by atomic mass is 16.5. The number of ether oxygens (including phenoxy) is 1. The van der Waals surface area contributed by atoms with Crippen molar-refractivity contribution >= 4 is 11.9 Å². The normalized spacial score (nSPS) is 11.5. The highest BCUT2D eigenvalue weighted by Crippen LogP contribution is 2.20. The number of nitrogens with one attached hydrogen (secondary N) is 1. The summed E-state index contributed by atoms with van der Waals surface area (Å²) >= 11 is 0. The Bertz CT molecular complexity index is 682. The van der Waals surface area contributed by atoms with Gasteiger partial charge in [0, 0.05) is 5.56 Å². The number of carbonyl (C=O) groups excluding carboxylic acids is 1. The van der Waals surface area contributed by atoms with Crippen LogP contribution in [0.2, 0.25) is 0 Å². The fraction of sp³-hybridized carbons (Fsp3) is 0.176. The molecule has 5 heteroatoms. The number of hydrogen-bond acceptors (Lipinski definition) is 3. The van der Waals surface area contributed by atoms with E-state index >= 15 is 0 Å². The Hall–Kier alpha value is -2.82. The van der Waals surface area contributed by atoms with Gasteiger partial charge in [0.05, 0.1) is 7.11 Å². The van der Waals surface area contributed by atoms with E-state index < -0.39 is 17.9 Å². The molecular formula is C17H17NO4. The molecular weight excluding hydrogens is 282 g/mol. The summed E-state index contributed by atoms with van der Waals surface area (Å²) in [6.07, 6.45) is 0. The lowest BCUT2D eigenvalue weighted by molar-refractivity contribution is -0.139. The molecule has 0 aromatic heterocycles. The quantitative estimate of drug-likeness (QED) is 0.889. The van der Waals surface area contributed by atoms with Crippen molar-refractivity contribution in [2.45, 2.75) is 13.0 Å². The molecule has 0 heterocycles. The Balaban J connectivity index is 2.24. The maximum absolute atomic E-state index is 12.3. The summed E-state index contributed by atoms with van der Waals surface area (Å²) in [7, 11) is 1.52. The molecule has 0 aliphatic carbocycles. The van der Waals surface area contributed by atoms with Gasteiger partial charge in [0.25, 0.3) is 5.91 Å². The van der Waals surface area contributed by atoms with E-state index in [0.29, 0.717) is 16.9 Å². The number of carboxylic acids is 1. The van der Waals surface area contributed by atoms with Crippen LogP contribution >= 0.6 is 0 Å². The van der Waals surface area contributed by atoms with Gasteiger partial charge in [0.2, 0.25) is 0 Å². The molecule has 0 fully saturated rings. The minimum absolute atomic E-state index is 0.352. The van der Waals surface area contributed by atoms with Crippen molar-refractivity contribution in [3.8, 4) is 5.75 Å². The molecule has 1 unspecified atom stereocenters. The molecule has 1 amide bonds. The predicted octanol–water partition coefficient (Wildman–Crippen LogP) is 2.56. The van der Waals surface area contributed by atoms with E-state index in [1.54, 1.807) is 48.5 Å². The number of aryl methyl sites for hydroxylation is 1. The topological polar surface area (TPSA) is 75.6 Å². The molecule has 5 nitrogen and oxygen atoms in total. The summed E-state index contributed by atoms with van der Waals surface area (Å²) in [5.74, 6) is -0.993. The Kier molecular flexibility index (Phi) is 4.78. The zero-order valence-electron chi connectivity index (χ0n) is 12.4. The van der Waals surface area contributed by atoms with Crippen LogP contribution in [0.1, 0.15) is 27.5 Å². The van der Waals surface area contributed by atoms with Gasteiger partial charge in [0.15, 0.2) is 6.04 Å². The summed E-state index contributed by atoms with van der Waals surface area (Å²) < 4.78 is 5.18. The van der Waals surface area contributed by atoms with Crippen molar-refractivity contribution in [1.82, 2.24) is 5.32 Å². The molecule has 22 heavy (non-hydrogen) atoms. The number of amides is 1. The lowest BCUT2D eigenvalue weighted by Gasteiger charge is -2.15. The summed E-state index contributed by atoms with van der Waals surface area (Å²) in [6.45, 7) is 1.87. The lowest BCUT2D eigenvalue weighted by atomic mass is 10.1. The molecule has 0 aliphatic heterocycles. The summed E-state index contributed by atoms with van der Waals surface area (Å²) in [4.78, 5) is 23.7. The van der Waals surface area contributed by atoms with E-state index in [1.165, 1.54) is 7.11 Å². The second-order valence-electron chi connectivity index (χ2n) is 4.84. The molecule has 0 saturated carbocycles. The van der Waals surface area contributed by atoms with E-state index in [-0.39, 0.29) is 0 Å². The number of carboxylic acid groups (broad SMARTS) is 1. The standard InChI is InChI=1S/C17H17NO4/c1-11-8-9-13(10-14(11)22-2)16(19)18-15(17(20)21)12-6-4-3-5-7-12/h3-10,15H,1-2H3,(H,18,19)(H,20,21). The molecule has 2 rings (SSSR count). The van der Waals surface area contributed by atoms with Crippen LogP contribution < -0.4 is 10.1 Å². The molecule has 1 atom stereocenters. The number of carbonyl (C=O) groups is 2. The molecule has 2 N–H and O–H groups in total. The van der Waals surface area contributed by atoms with Gasteiger partial charge in [-0.2, -0.15) is 0 Å². The molecule has 114 valence electrons. The summed E-state index contributed by atoms with van der Waals surface area (Å²) in [6, 6.07) is 12.5. The molecule has 2 aromatic carbocycles. The molecule has 2 aromatic rings. The fourth-order valence-corrected chi connectivity index (χ4v) is 2.11. The number of hydrogen-bond donors (Lipinski definition) is 2. The Labute approximate surface area is 128 Å². The average molecular weight is 299 g/mol. The third kappa shape index (κ3) is 3.44. The van der Waals surface area contributed by atoms with Gasteiger partial charge in [-0.05, 0) is 30.2 Å². The van der Waals surface area contributed by atoms with Crippen LogP contribution in [-0.4, -0.2) is 24.1 Å². The Morgan fingerprint density at radius 2 is 1.82 bits per heavy atom. The van der Waals surface area contributed by atoms with Gasteiger partial charge < -0.3 is 15.2 Å². The van der Waals surface area contributed by atoms with Crippen LogP contribution in [0.15, 0.2) is 48.5 Å². The second-order valence-corrected chi connectivity index (χ2v) is 4.84. The van der Waals surface area contributed by atoms with Gasteiger partial charge in [-0.1, -0.05) is 36.4 Å². The molecule has 0 aliphatic rings. The van der Waals surface area contributed by atoms with E-state index in [4.69, 9.17) is 4.74 Å². The monoisotopic (exact) mass is 299 g/mol. The zero-order valence-corrected chi connectivity index (χ0v) is 12.4. The van der Waals surface area contributed by atoms with Crippen molar-refractivity contribution in [3.05, 3.63) is 65.2 Å². The van der Waals surface area contributed by atoms with Crippen LogP contribution in [-0.2, 0) is 4.79 Å². The largest absolute Gasteiger partial charge is 0.496 e. The van der Waals surface area contributed by atoms with Crippen LogP contribution in [0.4, 0.5) is 0 Å². The number of methoxy groups -OCH3 is 1. The summed E-state index contributed by atoms with van der Waals surface area (Å²) in [5.41, 5.74) is 1.77. The van der Waals surface area contributed by atoms with Crippen molar-refractivity contribution in [3.63, 3.8) is 0 Å². The lowest BCUT2D eigenvalue weighted by Crippen LogP contribution is -2.33. The van der Waals surface area contributed by atoms with Crippen molar-refractivity contribution in [2.75, 3.05) is 7.11 Å². The van der Waals surface area contributed by atoms with Gasteiger partial charge in [-0.25, -0.2) is 4.79 Å². The van der Waals surface area contributed by atoms with Crippen LogP contribution in [0.5, 0.6) is 5.75 Å². The van der Waals surface area contributed by atoms with Gasteiger partial charge in [-0.15, -0.1) is 0 Å². The predicted molar refractivity (Wildman–Crippen MR) is 82.0 cm³/mol. The van der Waals surface area contributed by atoms with Gasteiger partial charge in [-0.3, -0.25) is 4.79 Å². The second kappa shape index (κ2) is 6.76. The minimum Gasteiger partial charge on any atom is -0.496 e.